The lowest BCUT2D eigenvalue weighted by Gasteiger charge is -2.26. The van der Waals surface area contributed by atoms with Gasteiger partial charge in [0, 0.05) is 13.0 Å². The van der Waals surface area contributed by atoms with Crippen LogP contribution in [0.4, 0.5) is 0 Å². The molecule has 0 bridgehead atoms. The van der Waals surface area contributed by atoms with Crippen LogP contribution in [0.25, 0.3) is 11.0 Å². The molecule has 1 aromatic carbocycles. The zero-order chi connectivity index (χ0) is 17.4. The highest BCUT2D eigenvalue weighted by Crippen LogP contribution is 2.30. The molecule has 1 aromatic heterocycles. The van der Waals surface area contributed by atoms with Crippen molar-refractivity contribution in [2.75, 3.05) is 6.61 Å². The van der Waals surface area contributed by atoms with Crippen LogP contribution in [0, 0.1) is 0 Å². The fraction of sp³-hybridized carbons (Fsp3) is 0.529. The summed E-state index contributed by atoms with van der Waals surface area (Å²) < 4.78 is 2.81. The fourth-order valence-corrected chi connectivity index (χ4v) is 3.45. The molecular weight excluding hydrogens is 312 g/mol. The van der Waals surface area contributed by atoms with Crippen LogP contribution >= 0.6 is 0 Å². The summed E-state index contributed by atoms with van der Waals surface area (Å²) in [6, 6.07) is 5.57. The molecule has 0 spiro atoms. The van der Waals surface area contributed by atoms with Crippen LogP contribution < -0.4 is 11.1 Å². The molecule has 3 unspecified atom stereocenters. The Kier molecular flexibility index (Phi) is 4.58. The Hall–Kier alpha value is -1.96. The van der Waals surface area contributed by atoms with Crippen molar-refractivity contribution in [2.45, 2.75) is 51.0 Å². The van der Waals surface area contributed by atoms with E-state index in [-0.39, 0.29) is 13.0 Å². The minimum absolute atomic E-state index is 0.0659. The molecule has 0 aliphatic carbocycles. The quantitative estimate of drug-likeness (QED) is 0.656. The molecule has 0 fully saturated rings. The van der Waals surface area contributed by atoms with E-state index in [9.17, 15) is 19.8 Å². The Bertz CT molecular complexity index is 870. The van der Waals surface area contributed by atoms with E-state index in [1.807, 2.05) is 12.1 Å². The smallest absolute Gasteiger partial charge is 0.317 e. The molecule has 7 heteroatoms. The molecule has 130 valence electrons. The Morgan fingerprint density at radius 1 is 1.21 bits per heavy atom. The Morgan fingerprint density at radius 3 is 2.67 bits per heavy atom. The van der Waals surface area contributed by atoms with Crippen molar-refractivity contribution in [1.82, 2.24) is 9.13 Å². The Morgan fingerprint density at radius 2 is 1.96 bits per heavy atom. The summed E-state index contributed by atoms with van der Waals surface area (Å²) in [5, 5.41) is 28.4. The lowest BCUT2D eigenvalue weighted by atomic mass is 9.93. The van der Waals surface area contributed by atoms with Gasteiger partial charge in [-0.15, -0.1) is 0 Å². The van der Waals surface area contributed by atoms with E-state index in [4.69, 9.17) is 5.11 Å². The third-order valence-electron chi connectivity index (χ3n) is 4.74. The number of aryl methyl sites for hydroxylation is 1. The second-order valence-electron chi connectivity index (χ2n) is 6.50. The van der Waals surface area contributed by atoms with Crippen LogP contribution in [0.15, 0.2) is 27.8 Å². The largest absolute Gasteiger partial charge is 0.394 e. The highest BCUT2D eigenvalue weighted by Gasteiger charge is 2.24. The van der Waals surface area contributed by atoms with E-state index in [0.717, 1.165) is 17.5 Å². The van der Waals surface area contributed by atoms with Gasteiger partial charge >= 0.3 is 11.1 Å². The summed E-state index contributed by atoms with van der Waals surface area (Å²) in [5.74, 6) is 0.292. The highest BCUT2D eigenvalue weighted by atomic mass is 16.3. The zero-order valence-corrected chi connectivity index (χ0v) is 13.6. The number of benzene rings is 1. The SMILES string of the molecule is CC1CCn2c(=O)c(=O)n(CC(O)CC(O)CO)c3cccc1c32. The predicted octanol–water partition coefficient (Wildman–Crippen LogP) is -0.225. The van der Waals surface area contributed by atoms with Crippen molar-refractivity contribution in [3.05, 3.63) is 44.5 Å². The Labute approximate surface area is 138 Å². The van der Waals surface area contributed by atoms with Crippen molar-refractivity contribution in [3.63, 3.8) is 0 Å². The summed E-state index contributed by atoms with van der Waals surface area (Å²) in [4.78, 5) is 24.9. The number of rotatable bonds is 5. The van der Waals surface area contributed by atoms with Crippen molar-refractivity contribution in [1.29, 1.82) is 0 Å². The summed E-state index contributed by atoms with van der Waals surface area (Å²) in [6.45, 7) is 2.04. The van der Waals surface area contributed by atoms with E-state index in [1.165, 1.54) is 9.13 Å². The number of aliphatic hydroxyl groups excluding tert-OH is 3. The van der Waals surface area contributed by atoms with Crippen molar-refractivity contribution >= 4 is 11.0 Å². The van der Waals surface area contributed by atoms with Crippen molar-refractivity contribution in [2.24, 2.45) is 0 Å². The minimum Gasteiger partial charge on any atom is -0.394 e. The number of aromatic nitrogens is 2. The van der Waals surface area contributed by atoms with Gasteiger partial charge in [0.15, 0.2) is 0 Å². The summed E-state index contributed by atoms with van der Waals surface area (Å²) in [6.07, 6.45) is -1.35. The maximum absolute atomic E-state index is 12.5. The maximum atomic E-state index is 12.5. The number of nitrogens with zero attached hydrogens (tertiary/aromatic N) is 2. The van der Waals surface area contributed by atoms with Crippen molar-refractivity contribution in [3.8, 4) is 0 Å². The average Bonchev–Trinajstić information content (AvgIpc) is 2.57. The zero-order valence-electron chi connectivity index (χ0n) is 13.6. The van der Waals surface area contributed by atoms with Crippen LogP contribution in [0.2, 0.25) is 0 Å². The first-order valence-corrected chi connectivity index (χ1v) is 8.17. The van der Waals surface area contributed by atoms with E-state index < -0.39 is 29.9 Å². The number of para-hydroxylation sites is 1. The van der Waals surface area contributed by atoms with Gasteiger partial charge in [-0.25, -0.2) is 0 Å². The van der Waals surface area contributed by atoms with E-state index >= 15 is 0 Å². The molecule has 0 amide bonds. The van der Waals surface area contributed by atoms with Gasteiger partial charge in [0.2, 0.25) is 0 Å². The molecule has 7 nitrogen and oxygen atoms in total. The monoisotopic (exact) mass is 334 g/mol. The highest BCUT2D eigenvalue weighted by molar-refractivity contribution is 5.80. The fourth-order valence-electron chi connectivity index (χ4n) is 3.45. The topological polar surface area (TPSA) is 105 Å². The minimum atomic E-state index is -1.06. The first-order chi connectivity index (χ1) is 11.4. The van der Waals surface area contributed by atoms with E-state index in [0.29, 0.717) is 18.0 Å². The van der Waals surface area contributed by atoms with E-state index in [2.05, 4.69) is 6.92 Å². The molecule has 3 atom stereocenters. The number of hydrogen-bond acceptors (Lipinski definition) is 5. The summed E-state index contributed by atoms with van der Waals surface area (Å²) in [5.41, 5.74) is 1.12. The van der Waals surface area contributed by atoms with Crippen LogP contribution in [0.1, 0.15) is 31.2 Å². The summed E-state index contributed by atoms with van der Waals surface area (Å²) >= 11 is 0. The third kappa shape index (κ3) is 2.79. The molecule has 2 aromatic rings. The number of aliphatic hydroxyl groups is 3. The van der Waals surface area contributed by atoms with Gasteiger partial charge < -0.3 is 19.9 Å². The second kappa shape index (κ2) is 6.51. The molecule has 1 aliphatic rings. The van der Waals surface area contributed by atoms with Crippen molar-refractivity contribution < 1.29 is 15.3 Å². The normalized spacial score (nSPS) is 19.4. The first kappa shape index (κ1) is 16.9. The molecule has 0 saturated heterocycles. The molecule has 24 heavy (non-hydrogen) atoms. The first-order valence-electron chi connectivity index (χ1n) is 8.17. The van der Waals surface area contributed by atoms with Crippen LogP contribution in [-0.2, 0) is 13.1 Å². The average molecular weight is 334 g/mol. The van der Waals surface area contributed by atoms with Crippen LogP contribution in [0.5, 0.6) is 0 Å². The van der Waals surface area contributed by atoms with E-state index in [1.54, 1.807) is 6.07 Å². The molecule has 0 radical (unpaired) electrons. The van der Waals surface area contributed by atoms with Gasteiger partial charge in [-0.1, -0.05) is 19.1 Å². The van der Waals surface area contributed by atoms with Gasteiger partial charge in [0.1, 0.15) is 0 Å². The molecular formula is C17H22N2O5. The second-order valence-corrected chi connectivity index (χ2v) is 6.50. The lowest BCUT2D eigenvalue weighted by Crippen LogP contribution is -2.44. The standard InChI is InChI=1S/C17H22N2O5/c1-10-5-6-18-15-13(10)3-2-4-14(15)19(17(24)16(18)23)8-11(21)7-12(22)9-20/h2-4,10-12,20-22H,5-9H2,1H3. The van der Waals surface area contributed by atoms with Gasteiger partial charge in [0.05, 0.1) is 36.4 Å². The molecule has 2 heterocycles. The van der Waals surface area contributed by atoms with Gasteiger partial charge in [-0.05, 0) is 24.0 Å². The lowest BCUT2D eigenvalue weighted by molar-refractivity contribution is 0.0358. The molecule has 3 N–H and O–H groups in total. The summed E-state index contributed by atoms with van der Waals surface area (Å²) in [7, 11) is 0. The molecule has 3 rings (SSSR count). The van der Waals surface area contributed by atoms with Gasteiger partial charge in [-0.2, -0.15) is 0 Å². The van der Waals surface area contributed by atoms with Crippen LogP contribution in [-0.4, -0.2) is 43.3 Å². The Balaban J connectivity index is 2.15. The van der Waals surface area contributed by atoms with Crippen LogP contribution in [0.3, 0.4) is 0 Å². The maximum Gasteiger partial charge on any atom is 0.317 e. The molecule has 1 aliphatic heterocycles. The third-order valence-corrected chi connectivity index (χ3v) is 4.74. The van der Waals surface area contributed by atoms with Gasteiger partial charge in [-0.3, -0.25) is 14.2 Å². The number of hydrogen-bond donors (Lipinski definition) is 3. The predicted molar refractivity (Wildman–Crippen MR) is 89.2 cm³/mol. The molecule has 0 saturated carbocycles. The van der Waals surface area contributed by atoms with Gasteiger partial charge in [0.25, 0.3) is 0 Å².